The molecule has 0 fully saturated rings. The van der Waals surface area contributed by atoms with Gasteiger partial charge in [-0.25, -0.2) is 4.79 Å². The van der Waals surface area contributed by atoms with E-state index >= 15 is 0 Å². The van der Waals surface area contributed by atoms with Crippen molar-refractivity contribution in [3.8, 4) is 11.8 Å². The molecule has 140 valence electrons. The first-order chi connectivity index (χ1) is 13.0. The fourth-order valence-electron chi connectivity index (χ4n) is 2.33. The van der Waals surface area contributed by atoms with Gasteiger partial charge < -0.3 is 14.8 Å². The van der Waals surface area contributed by atoms with E-state index in [1.807, 2.05) is 43.3 Å². The number of rotatable bonds is 8. The summed E-state index contributed by atoms with van der Waals surface area (Å²) in [5.74, 6) is -0.397. The van der Waals surface area contributed by atoms with Gasteiger partial charge in [0.1, 0.15) is 5.75 Å². The fourth-order valence-corrected chi connectivity index (χ4v) is 2.33. The summed E-state index contributed by atoms with van der Waals surface area (Å²) >= 11 is 0. The van der Waals surface area contributed by atoms with E-state index in [1.54, 1.807) is 24.3 Å². The van der Waals surface area contributed by atoms with Gasteiger partial charge in [-0.15, -0.1) is 0 Å². The maximum absolute atomic E-state index is 12.0. The summed E-state index contributed by atoms with van der Waals surface area (Å²) in [7, 11) is 0. The number of esters is 1. The van der Waals surface area contributed by atoms with Crippen molar-refractivity contribution in [2.24, 2.45) is 0 Å². The van der Waals surface area contributed by atoms with E-state index in [-0.39, 0.29) is 18.4 Å². The van der Waals surface area contributed by atoms with Crippen molar-refractivity contribution in [2.45, 2.75) is 25.9 Å². The van der Waals surface area contributed by atoms with E-state index in [0.717, 1.165) is 5.56 Å². The highest BCUT2D eigenvalue weighted by molar-refractivity contribution is 5.82. The Hall–Kier alpha value is -3.33. The number of carbonyl (C=O) groups excluding carboxylic acids is 2. The molecule has 2 aromatic rings. The summed E-state index contributed by atoms with van der Waals surface area (Å²) in [6.07, 6.45) is -0.867. The highest BCUT2D eigenvalue weighted by Crippen LogP contribution is 2.14. The van der Waals surface area contributed by atoms with Crippen LogP contribution in [0, 0.1) is 11.3 Å². The monoisotopic (exact) mass is 366 g/mol. The summed E-state index contributed by atoms with van der Waals surface area (Å²) < 4.78 is 10.4. The normalized spacial score (nSPS) is 12.3. The third-order valence-electron chi connectivity index (χ3n) is 3.95. The van der Waals surface area contributed by atoms with Crippen LogP contribution in [0.5, 0.6) is 5.75 Å². The van der Waals surface area contributed by atoms with Crippen LogP contribution in [0.2, 0.25) is 0 Å². The molecule has 0 aliphatic heterocycles. The molecule has 1 amide bonds. The molecule has 0 saturated heterocycles. The molecular weight excluding hydrogens is 344 g/mol. The van der Waals surface area contributed by atoms with E-state index in [0.29, 0.717) is 17.9 Å². The van der Waals surface area contributed by atoms with Crippen molar-refractivity contribution in [1.29, 1.82) is 5.26 Å². The van der Waals surface area contributed by atoms with Crippen LogP contribution in [0.4, 0.5) is 0 Å². The number of ether oxygens (including phenoxy) is 2. The maximum Gasteiger partial charge on any atom is 0.347 e. The molecule has 0 aliphatic rings. The van der Waals surface area contributed by atoms with Crippen LogP contribution < -0.4 is 10.1 Å². The number of hydrogen-bond donors (Lipinski definition) is 1. The number of carbonyl (C=O) groups is 2. The van der Waals surface area contributed by atoms with E-state index < -0.39 is 12.1 Å². The first-order valence-corrected chi connectivity index (χ1v) is 8.64. The zero-order chi connectivity index (χ0) is 19.6. The molecule has 27 heavy (non-hydrogen) atoms. The molecule has 0 spiro atoms. The Labute approximate surface area is 158 Å². The van der Waals surface area contributed by atoms with Crippen LogP contribution >= 0.6 is 0 Å². The standard InChI is InChI=1S/C21H22N2O4/c1-15(18-6-4-3-5-7-18)13-23-20(24)14-26-21(25)16(2)27-19-10-8-17(12-22)9-11-19/h3-11,15-16H,13-14H2,1-2H3,(H,23,24)/t15-,16+/m1/s1. The second-order valence-electron chi connectivity index (χ2n) is 6.12. The van der Waals surface area contributed by atoms with Crippen molar-refractivity contribution in [3.63, 3.8) is 0 Å². The number of nitriles is 1. The van der Waals surface area contributed by atoms with Crippen LogP contribution in [0.3, 0.4) is 0 Å². The molecule has 6 nitrogen and oxygen atoms in total. The van der Waals surface area contributed by atoms with Gasteiger partial charge in [0.05, 0.1) is 11.6 Å². The van der Waals surface area contributed by atoms with Gasteiger partial charge in [0, 0.05) is 6.54 Å². The topological polar surface area (TPSA) is 88.4 Å². The Morgan fingerprint density at radius 2 is 1.74 bits per heavy atom. The quantitative estimate of drug-likeness (QED) is 0.726. The van der Waals surface area contributed by atoms with Crippen LogP contribution in [0.25, 0.3) is 0 Å². The van der Waals surface area contributed by atoms with E-state index in [1.165, 1.54) is 6.92 Å². The number of nitrogens with zero attached hydrogens (tertiary/aromatic N) is 1. The van der Waals surface area contributed by atoms with Gasteiger partial charge in [-0.05, 0) is 42.7 Å². The summed E-state index contributed by atoms with van der Waals surface area (Å²) in [6, 6.07) is 18.2. The maximum atomic E-state index is 12.0. The summed E-state index contributed by atoms with van der Waals surface area (Å²) in [6.45, 7) is 3.64. The average molecular weight is 366 g/mol. The van der Waals surface area contributed by atoms with Crippen LogP contribution in [0.1, 0.15) is 30.9 Å². The minimum atomic E-state index is -0.867. The first-order valence-electron chi connectivity index (χ1n) is 8.64. The molecule has 1 N–H and O–H groups in total. The van der Waals surface area contributed by atoms with Crippen molar-refractivity contribution >= 4 is 11.9 Å². The highest BCUT2D eigenvalue weighted by atomic mass is 16.6. The third-order valence-corrected chi connectivity index (χ3v) is 3.95. The second-order valence-corrected chi connectivity index (χ2v) is 6.12. The van der Waals surface area contributed by atoms with E-state index in [9.17, 15) is 9.59 Å². The SMILES string of the molecule is C[C@H](Oc1ccc(C#N)cc1)C(=O)OCC(=O)NC[C@@H](C)c1ccccc1. The van der Waals surface area contributed by atoms with E-state index in [4.69, 9.17) is 14.7 Å². The molecule has 0 bridgehead atoms. The second kappa shape index (κ2) is 9.97. The molecule has 0 saturated carbocycles. The van der Waals surface area contributed by atoms with Gasteiger partial charge in [-0.3, -0.25) is 4.79 Å². The van der Waals surface area contributed by atoms with Crippen molar-refractivity contribution in [2.75, 3.05) is 13.2 Å². The van der Waals surface area contributed by atoms with Gasteiger partial charge in [-0.2, -0.15) is 5.26 Å². The van der Waals surface area contributed by atoms with Crippen molar-refractivity contribution < 1.29 is 19.1 Å². The van der Waals surface area contributed by atoms with Gasteiger partial charge in [-0.1, -0.05) is 37.3 Å². The molecule has 0 aliphatic carbocycles. The van der Waals surface area contributed by atoms with Gasteiger partial charge in [0.2, 0.25) is 0 Å². The number of hydrogen-bond acceptors (Lipinski definition) is 5. The molecule has 2 rings (SSSR count). The van der Waals surface area contributed by atoms with Crippen molar-refractivity contribution in [1.82, 2.24) is 5.32 Å². The predicted molar refractivity (Wildman–Crippen MR) is 100 cm³/mol. The molecule has 2 aromatic carbocycles. The molecule has 2 atom stereocenters. The summed E-state index contributed by atoms with van der Waals surface area (Å²) in [5.41, 5.74) is 1.62. The number of nitrogens with one attached hydrogen (secondary N) is 1. The molecular formula is C21H22N2O4. The zero-order valence-corrected chi connectivity index (χ0v) is 15.3. The molecule has 0 heterocycles. The van der Waals surface area contributed by atoms with Crippen LogP contribution in [-0.2, 0) is 14.3 Å². The van der Waals surface area contributed by atoms with Gasteiger partial charge in [0.25, 0.3) is 5.91 Å². The van der Waals surface area contributed by atoms with Crippen molar-refractivity contribution in [3.05, 3.63) is 65.7 Å². The highest BCUT2D eigenvalue weighted by Gasteiger charge is 2.18. The Bertz CT molecular complexity index is 797. The molecule has 0 aromatic heterocycles. The average Bonchev–Trinajstić information content (AvgIpc) is 2.71. The van der Waals surface area contributed by atoms with Crippen LogP contribution in [-0.4, -0.2) is 31.1 Å². The number of amides is 1. The Kier molecular flexibility index (Phi) is 7.38. The van der Waals surface area contributed by atoms with E-state index in [2.05, 4.69) is 5.32 Å². The third kappa shape index (κ3) is 6.48. The molecule has 0 unspecified atom stereocenters. The predicted octanol–water partition coefficient (Wildman–Crippen LogP) is 2.79. The zero-order valence-electron chi connectivity index (χ0n) is 15.3. The lowest BCUT2D eigenvalue weighted by Crippen LogP contribution is -2.34. The minimum absolute atomic E-state index is 0.157. The summed E-state index contributed by atoms with van der Waals surface area (Å²) in [4.78, 5) is 23.8. The van der Waals surface area contributed by atoms with Gasteiger partial charge >= 0.3 is 5.97 Å². The number of benzene rings is 2. The largest absolute Gasteiger partial charge is 0.479 e. The fraction of sp³-hybridized carbons (Fsp3) is 0.286. The molecule has 6 heteroatoms. The van der Waals surface area contributed by atoms with Gasteiger partial charge in [0.15, 0.2) is 12.7 Å². The Balaban J connectivity index is 1.72. The van der Waals surface area contributed by atoms with Crippen LogP contribution in [0.15, 0.2) is 54.6 Å². The lowest BCUT2D eigenvalue weighted by molar-refractivity contribution is -0.154. The minimum Gasteiger partial charge on any atom is -0.479 e. The first kappa shape index (κ1) is 20.0. The lowest BCUT2D eigenvalue weighted by atomic mass is 10.0. The Morgan fingerprint density at radius 1 is 1.07 bits per heavy atom. The molecule has 0 radical (unpaired) electrons. The summed E-state index contributed by atoms with van der Waals surface area (Å²) in [5, 5.41) is 11.5. The Morgan fingerprint density at radius 3 is 2.37 bits per heavy atom. The lowest BCUT2D eigenvalue weighted by Gasteiger charge is -2.15. The smallest absolute Gasteiger partial charge is 0.347 e.